The molecule has 154 valence electrons. The normalized spacial score (nSPS) is 18.3. The highest BCUT2D eigenvalue weighted by Crippen LogP contribution is 2.46. The van der Waals surface area contributed by atoms with Gasteiger partial charge in [0.1, 0.15) is 0 Å². The third-order valence-electron chi connectivity index (χ3n) is 5.93. The van der Waals surface area contributed by atoms with Gasteiger partial charge in [-0.25, -0.2) is 4.79 Å². The second-order valence-electron chi connectivity index (χ2n) is 8.35. The lowest BCUT2D eigenvalue weighted by molar-refractivity contribution is -0.0144. The minimum absolute atomic E-state index is 0.147. The molecular weight excluding hydrogens is 380 g/mol. The summed E-state index contributed by atoms with van der Waals surface area (Å²) in [6, 6.07) is 3.48. The zero-order chi connectivity index (χ0) is 20.5. The van der Waals surface area contributed by atoms with Crippen molar-refractivity contribution in [3.8, 4) is 0 Å². The number of likely N-dealkylation sites (tertiary alicyclic amines) is 1. The van der Waals surface area contributed by atoms with Gasteiger partial charge < -0.3 is 20.4 Å². The monoisotopic (exact) mass is 408 g/mol. The van der Waals surface area contributed by atoms with Crippen LogP contribution in [0.15, 0.2) is 18.3 Å². The quantitative estimate of drug-likeness (QED) is 0.610. The van der Waals surface area contributed by atoms with Gasteiger partial charge in [0.2, 0.25) is 0 Å². The van der Waals surface area contributed by atoms with E-state index in [1.54, 1.807) is 24.1 Å². The van der Waals surface area contributed by atoms with E-state index in [1.165, 1.54) is 0 Å². The number of amides is 2. The lowest BCUT2D eigenvalue weighted by Gasteiger charge is -2.43. The number of halogens is 1. The summed E-state index contributed by atoms with van der Waals surface area (Å²) in [7, 11) is 0. The first-order chi connectivity index (χ1) is 13.2. The summed E-state index contributed by atoms with van der Waals surface area (Å²) in [6.45, 7) is 7.27. The molecular formula is C20H29ClN4O3. The molecule has 1 saturated heterocycles. The number of urea groups is 1. The van der Waals surface area contributed by atoms with Crippen LogP contribution in [0.2, 0.25) is 5.02 Å². The van der Waals surface area contributed by atoms with Crippen LogP contribution in [0.1, 0.15) is 45.3 Å². The summed E-state index contributed by atoms with van der Waals surface area (Å²) < 4.78 is 0. The van der Waals surface area contributed by atoms with Crippen LogP contribution in [0.3, 0.4) is 0 Å². The molecule has 0 spiro atoms. The standard InChI is InChI=1S/C20H29ClN4O3/c1-12(26)10-22-19(28)25-6-4-14(5-7-25)20(2,3)18(27)16-9-15(21)8-13-11-23-24-17(13)16/h8-9,11-12,14,18,26-27H,4-7,10H2,1-3H3,(H,22,28)(H,23,24)/t12-,18+/m0/s1. The fourth-order valence-electron chi connectivity index (χ4n) is 4.06. The summed E-state index contributed by atoms with van der Waals surface area (Å²) >= 11 is 6.24. The summed E-state index contributed by atoms with van der Waals surface area (Å²) in [6.07, 6.45) is 2.04. The van der Waals surface area contributed by atoms with E-state index < -0.39 is 17.6 Å². The molecule has 8 heteroatoms. The third kappa shape index (κ3) is 4.26. The number of hydrogen-bond donors (Lipinski definition) is 4. The van der Waals surface area contributed by atoms with Gasteiger partial charge in [-0.1, -0.05) is 25.4 Å². The molecule has 2 amide bonds. The SMILES string of the molecule is C[C@H](O)CNC(=O)N1CCC(C(C)(C)[C@H](O)c2cc(Cl)cc3cn[nH]c23)CC1. The number of fused-ring (bicyclic) bond motifs is 1. The Morgan fingerprint density at radius 1 is 1.39 bits per heavy atom. The Morgan fingerprint density at radius 2 is 2.07 bits per heavy atom. The van der Waals surface area contributed by atoms with Crippen molar-refractivity contribution in [2.75, 3.05) is 19.6 Å². The molecule has 3 rings (SSSR count). The molecule has 2 heterocycles. The summed E-state index contributed by atoms with van der Waals surface area (Å²) in [5, 5.41) is 31.8. The van der Waals surface area contributed by atoms with Crippen molar-refractivity contribution in [1.29, 1.82) is 0 Å². The predicted octanol–water partition coefficient (Wildman–Crippen LogP) is 3.08. The zero-order valence-electron chi connectivity index (χ0n) is 16.6. The highest BCUT2D eigenvalue weighted by atomic mass is 35.5. The number of aromatic nitrogens is 2. The Morgan fingerprint density at radius 3 is 2.71 bits per heavy atom. The van der Waals surface area contributed by atoms with Gasteiger partial charge in [-0.2, -0.15) is 5.10 Å². The van der Waals surface area contributed by atoms with Crippen LogP contribution in [0.25, 0.3) is 10.9 Å². The van der Waals surface area contributed by atoms with Gasteiger partial charge in [-0.15, -0.1) is 0 Å². The second kappa shape index (κ2) is 8.27. The molecule has 1 fully saturated rings. The van der Waals surface area contributed by atoms with Crippen LogP contribution in [-0.4, -0.2) is 57.1 Å². The average Bonchev–Trinajstić information content (AvgIpc) is 3.13. The van der Waals surface area contributed by atoms with Crippen molar-refractivity contribution in [2.24, 2.45) is 11.3 Å². The Bertz CT molecular complexity index is 828. The Hall–Kier alpha value is -1.83. The molecule has 2 aromatic rings. The van der Waals surface area contributed by atoms with Crippen LogP contribution < -0.4 is 5.32 Å². The van der Waals surface area contributed by atoms with E-state index in [0.717, 1.165) is 29.3 Å². The van der Waals surface area contributed by atoms with Crippen molar-refractivity contribution in [3.63, 3.8) is 0 Å². The van der Waals surface area contributed by atoms with Gasteiger partial charge in [-0.3, -0.25) is 5.10 Å². The van der Waals surface area contributed by atoms with E-state index in [1.807, 2.05) is 6.07 Å². The van der Waals surface area contributed by atoms with Gasteiger partial charge in [0, 0.05) is 35.6 Å². The first kappa shape index (κ1) is 20.9. The van der Waals surface area contributed by atoms with E-state index in [4.69, 9.17) is 11.6 Å². The number of carbonyl (C=O) groups excluding carboxylic acids is 1. The molecule has 4 N–H and O–H groups in total. The van der Waals surface area contributed by atoms with E-state index in [9.17, 15) is 15.0 Å². The number of nitrogens with zero attached hydrogens (tertiary/aromatic N) is 2. The largest absolute Gasteiger partial charge is 0.392 e. The van der Waals surface area contributed by atoms with Crippen LogP contribution in [0.4, 0.5) is 4.79 Å². The highest BCUT2D eigenvalue weighted by molar-refractivity contribution is 6.31. The summed E-state index contributed by atoms with van der Waals surface area (Å²) in [5.74, 6) is 0.250. The fourth-order valence-corrected chi connectivity index (χ4v) is 4.30. The maximum Gasteiger partial charge on any atom is 0.317 e. The molecule has 0 aliphatic carbocycles. The summed E-state index contributed by atoms with van der Waals surface area (Å²) in [5.41, 5.74) is 1.16. The zero-order valence-corrected chi connectivity index (χ0v) is 17.3. The lowest BCUT2D eigenvalue weighted by Crippen LogP contribution is -2.48. The van der Waals surface area contributed by atoms with Crippen LogP contribution >= 0.6 is 11.6 Å². The van der Waals surface area contributed by atoms with Crippen LogP contribution in [0, 0.1) is 11.3 Å². The molecule has 28 heavy (non-hydrogen) atoms. The van der Waals surface area contributed by atoms with E-state index in [0.29, 0.717) is 18.1 Å². The van der Waals surface area contributed by atoms with Crippen LogP contribution in [0.5, 0.6) is 0 Å². The van der Waals surface area contributed by atoms with Crippen molar-refractivity contribution in [1.82, 2.24) is 20.4 Å². The molecule has 0 bridgehead atoms. The third-order valence-corrected chi connectivity index (χ3v) is 6.14. The van der Waals surface area contributed by atoms with Gasteiger partial charge in [0.05, 0.1) is 23.9 Å². The minimum atomic E-state index is -0.713. The second-order valence-corrected chi connectivity index (χ2v) is 8.79. The summed E-state index contributed by atoms with van der Waals surface area (Å²) in [4.78, 5) is 14.0. The van der Waals surface area contributed by atoms with Gasteiger partial charge in [0.25, 0.3) is 0 Å². The van der Waals surface area contributed by atoms with Crippen molar-refractivity contribution >= 4 is 28.5 Å². The first-order valence-corrected chi connectivity index (χ1v) is 10.1. The van der Waals surface area contributed by atoms with E-state index in [2.05, 4.69) is 29.4 Å². The maximum absolute atomic E-state index is 12.2. The number of nitrogens with one attached hydrogen (secondary N) is 2. The topological polar surface area (TPSA) is 101 Å². The van der Waals surface area contributed by atoms with Crippen LogP contribution in [-0.2, 0) is 0 Å². The number of aliphatic hydroxyl groups excluding tert-OH is 2. The number of hydrogen-bond acceptors (Lipinski definition) is 4. The fraction of sp³-hybridized carbons (Fsp3) is 0.600. The van der Waals surface area contributed by atoms with Gasteiger partial charge >= 0.3 is 6.03 Å². The van der Waals surface area contributed by atoms with E-state index in [-0.39, 0.29) is 18.5 Å². The molecule has 1 aliphatic heterocycles. The Balaban J connectivity index is 1.69. The minimum Gasteiger partial charge on any atom is -0.392 e. The Kier molecular flexibility index (Phi) is 6.17. The molecule has 2 atom stereocenters. The van der Waals surface area contributed by atoms with Crippen molar-refractivity contribution in [2.45, 2.75) is 45.8 Å². The number of aliphatic hydroxyl groups is 2. The number of H-pyrrole nitrogens is 1. The number of carbonyl (C=O) groups is 1. The van der Waals surface area contributed by atoms with Crippen molar-refractivity contribution in [3.05, 3.63) is 28.9 Å². The molecule has 0 unspecified atom stereocenters. The molecule has 0 saturated carbocycles. The van der Waals surface area contributed by atoms with Gasteiger partial charge in [0.15, 0.2) is 0 Å². The number of rotatable bonds is 5. The highest BCUT2D eigenvalue weighted by Gasteiger charge is 2.40. The molecule has 1 aliphatic rings. The smallest absolute Gasteiger partial charge is 0.317 e. The molecule has 1 aromatic heterocycles. The molecule has 0 radical (unpaired) electrons. The molecule has 1 aromatic carbocycles. The lowest BCUT2D eigenvalue weighted by atomic mass is 9.68. The first-order valence-electron chi connectivity index (χ1n) is 9.71. The number of aromatic amines is 1. The van der Waals surface area contributed by atoms with E-state index >= 15 is 0 Å². The average molecular weight is 409 g/mol. The maximum atomic E-state index is 12.2. The molecule has 7 nitrogen and oxygen atoms in total. The number of piperidine rings is 1. The van der Waals surface area contributed by atoms with Gasteiger partial charge in [-0.05, 0) is 43.2 Å². The Labute approximate surface area is 170 Å². The number of benzene rings is 1. The van der Waals surface area contributed by atoms with Crippen molar-refractivity contribution < 1.29 is 15.0 Å². The predicted molar refractivity (Wildman–Crippen MR) is 109 cm³/mol.